The standard InChI is InChI=1S/C22H20N4O4S/c27-20(13-30-22(29)12-25-15-31-14-21(25)28)23-19-11-18(16-7-3-1-4-8-16)24-26(19)17-9-5-2-6-10-17/h1-11H,12-15H2,(H,23,27). The van der Waals surface area contributed by atoms with Gasteiger partial charge in [0.1, 0.15) is 12.4 Å². The molecule has 2 heterocycles. The monoisotopic (exact) mass is 436 g/mol. The van der Waals surface area contributed by atoms with Crippen molar-refractivity contribution in [3.05, 3.63) is 66.7 Å². The van der Waals surface area contributed by atoms with Gasteiger partial charge in [-0.3, -0.25) is 14.4 Å². The van der Waals surface area contributed by atoms with E-state index >= 15 is 0 Å². The summed E-state index contributed by atoms with van der Waals surface area (Å²) in [6.07, 6.45) is 0. The van der Waals surface area contributed by atoms with E-state index in [9.17, 15) is 14.4 Å². The normalized spacial score (nSPS) is 13.3. The Bertz CT molecular complexity index is 1090. The Kier molecular flexibility index (Phi) is 6.32. The van der Waals surface area contributed by atoms with E-state index in [1.807, 2.05) is 60.7 Å². The first-order valence-corrected chi connectivity index (χ1v) is 10.8. The summed E-state index contributed by atoms with van der Waals surface area (Å²) in [6.45, 7) is -0.603. The molecule has 9 heteroatoms. The lowest BCUT2D eigenvalue weighted by atomic mass is 10.2. The van der Waals surface area contributed by atoms with Gasteiger partial charge in [0.2, 0.25) is 5.91 Å². The first-order chi connectivity index (χ1) is 15.1. The maximum absolute atomic E-state index is 12.4. The Morgan fingerprint density at radius 2 is 1.77 bits per heavy atom. The maximum Gasteiger partial charge on any atom is 0.326 e. The molecule has 1 aromatic heterocycles. The largest absolute Gasteiger partial charge is 0.454 e. The molecule has 0 spiro atoms. The third kappa shape index (κ3) is 5.13. The summed E-state index contributed by atoms with van der Waals surface area (Å²) in [7, 11) is 0. The number of para-hydroxylation sites is 1. The zero-order valence-corrected chi connectivity index (χ0v) is 17.4. The molecule has 1 fully saturated rings. The number of nitrogens with one attached hydrogen (secondary N) is 1. The van der Waals surface area contributed by atoms with Crippen molar-refractivity contribution in [2.24, 2.45) is 0 Å². The molecule has 0 saturated carbocycles. The van der Waals surface area contributed by atoms with Crippen LogP contribution in [0.3, 0.4) is 0 Å². The van der Waals surface area contributed by atoms with Crippen LogP contribution in [0.4, 0.5) is 5.82 Å². The third-order valence-corrected chi connectivity index (χ3v) is 5.50. The summed E-state index contributed by atoms with van der Waals surface area (Å²) in [5.41, 5.74) is 2.39. The van der Waals surface area contributed by atoms with Gasteiger partial charge in [-0.15, -0.1) is 11.8 Å². The predicted octanol–water partition coefficient (Wildman–Crippen LogP) is 2.55. The van der Waals surface area contributed by atoms with Gasteiger partial charge in [-0.2, -0.15) is 5.10 Å². The fraction of sp³-hybridized carbons (Fsp3) is 0.182. The van der Waals surface area contributed by atoms with Crippen molar-refractivity contribution >= 4 is 35.4 Å². The van der Waals surface area contributed by atoms with E-state index in [4.69, 9.17) is 4.74 Å². The first kappa shape index (κ1) is 20.7. The van der Waals surface area contributed by atoms with Crippen molar-refractivity contribution in [2.75, 3.05) is 30.1 Å². The molecule has 158 valence electrons. The topological polar surface area (TPSA) is 93.5 Å². The molecule has 0 unspecified atom stereocenters. The molecular weight excluding hydrogens is 416 g/mol. The Morgan fingerprint density at radius 1 is 1.06 bits per heavy atom. The Morgan fingerprint density at radius 3 is 2.45 bits per heavy atom. The highest BCUT2D eigenvalue weighted by Crippen LogP contribution is 2.24. The smallest absolute Gasteiger partial charge is 0.326 e. The van der Waals surface area contributed by atoms with Crippen LogP contribution in [0.1, 0.15) is 0 Å². The number of hydrogen-bond acceptors (Lipinski definition) is 6. The van der Waals surface area contributed by atoms with Crippen molar-refractivity contribution in [1.82, 2.24) is 14.7 Å². The summed E-state index contributed by atoms with van der Waals surface area (Å²) in [5.74, 6) is 0.0585. The summed E-state index contributed by atoms with van der Waals surface area (Å²) >= 11 is 1.44. The fourth-order valence-corrected chi connectivity index (χ4v) is 3.96. The van der Waals surface area contributed by atoms with Gasteiger partial charge in [0.15, 0.2) is 6.61 Å². The summed E-state index contributed by atoms with van der Waals surface area (Å²) in [4.78, 5) is 37.4. The van der Waals surface area contributed by atoms with Crippen LogP contribution in [0, 0.1) is 0 Å². The quantitative estimate of drug-likeness (QED) is 0.572. The second-order valence-corrected chi connectivity index (χ2v) is 7.76. The molecule has 1 aliphatic rings. The lowest BCUT2D eigenvalue weighted by Gasteiger charge is -2.13. The number of benzene rings is 2. The minimum Gasteiger partial charge on any atom is -0.454 e. The number of aromatic nitrogens is 2. The third-order valence-electron chi connectivity index (χ3n) is 4.56. The van der Waals surface area contributed by atoms with Gasteiger partial charge in [-0.25, -0.2) is 4.68 Å². The number of rotatable bonds is 7. The lowest BCUT2D eigenvalue weighted by molar-refractivity contribution is -0.150. The van der Waals surface area contributed by atoms with Crippen LogP contribution in [-0.2, 0) is 19.1 Å². The van der Waals surface area contributed by atoms with Gasteiger partial charge in [0.25, 0.3) is 5.91 Å². The van der Waals surface area contributed by atoms with Crippen molar-refractivity contribution in [1.29, 1.82) is 0 Å². The highest BCUT2D eigenvalue weighted by Gasteiger charge is 2.24. The molecule has 1 saturated heterocycles. The Balaban J connectivity index is 1.45. The molecule has 31 heavy (non-hydrogen) atoms. The summed E-state index contributed by atoms with van der Waals surface area (Å²) < 4.78 is 6.67. The van der Waals surface area contributed by atoms with Crippen LogP contribution in [-0.4, -0.2) is 57.2 Å². The van der Waals surface area contributed by atoms with Gasteiger partial charge in [0, 0.05) is 11.6 Å². The summed E-state index contributed by atoms with van der Waals surface area (Å²) in [5, 5.41) is 7.38. The van der Waals surface area contributed by atoms with Crippen LogP contribution in [0.2, 0.25) is 0 Å². The zero-order chi connectivity index (χ0) is 21.6. The number of carbonyl (C=O) groups excluding carboxylic acids is 3. The highest BCUT2D eigenvalue weighted by molar-refractivity contribution is 8.00. The van der Waals surface area contributed by atoms with Gasteiger partial charge < -0.3 is 15.0 Å². The molecule has 2 amide bonds. The molecular formula is C22H20N4O4S. The van der Waals surface area contributed by atoms with Crippen LogP contribution < -0.4 is 5.32 Å². The van der Waals surface area contributed by atoms with Gasteiger partial charge in [0.05, 0.1) is 23.0 Å². The number of amides is 2. The molecule has 2 aromatic carbocycles. The average molecular weight is 436 g/mol. The van der Waals surface area contributed by atoms with Crippen molar-refractivity contribution < 1.29 is 19.1 Å². The Labute approximate surface area is 183 Å². The number of nitrogens with zero attached hydrogens (tertiary/aromatic N) is 3. The molecule has 0 aliphatic carbocycles. The number of carbonyl (C=O) groups is 3. The second kappa shape index (κ2) is 9.48. The van der Waals surface area contributed by atoms with E-state index in [0.717, 1.165) is 11.3 Å². The molecule has 1 aliphatic heterocycles. The number of anilines is 1. The first-order valence-electron chi connectivity index (χ1n) is 9.62. The molecule has 0 radical (unpaired) electrons. The SMILES string of the molecule is O=C(COC(=O)CN1CSCC1=O)Nc1cc(-c2ccccc2)nn1-c1ccccc1. The second-order valence-electron chi connectivity index (χ2n) is 6.81. The maximum atomic E-state index is 12.4. The average Bonchev–Trinajstić information content (AvgIpc) is 3.40. The minimum absolute atomic E-state index is 0.105. The fourth-order valence-electron chi connectivity index (χ4n) is 3.05. The van der Waals surface area contributed by atoms with Crippen molar-refractivity contribution in [3.8, 4) is 16.9 Å². The van der Waals surface area contributed by atoms with Gasteiger partial charge in [-0.1, -0.05) is 48.5 Å². The van der Waals surface area contributed by atoms with E-state index in [1.165, 1.54) is 16.7 Å². The Hall–Kier alpha value is -3.59. The minimum atomic E-state index is -0.618. The molecule has 3 aromatic rings. The van der Waals surface area contributed by atoms with Crippen LogP contribution in [0.25, 0.3) is 16.9 Å². The molecule has 8 nitrogen and oxygen atoms in total. The number of hydrogen-bond donors (Lipinski definition) is 1. The molecule has 0 atom stereocenters. The van der Waals surface area contributed by atoms with E-state index in [0.29, 0.717) is 23.1 Å². The predicted molar refractivity (Wildman–Crippen MR) is 118 cm³/mol. The van der Waals surface area contributed by atoms with Crippen LogP contribution in [0.5, 0.6) is 0 Å². The lowest BCUT2D eigenvalue weighted by Crippen LogP contribution is -2.33. The van der Waals surface area contributed by atoms with E-state index in [1.54, 1.807) is 10.7 Å². The summed E-state index contributed by atoms with van der Waals surface area (Å²) in [6, 6.07) is 20.8. The van der Waals surface area contributed by atoms with E-state index in [-0.39, 0.29) is 12.5 Å². The number of esters is 1. The molecule has 4 rings (SSSR count). The highest BCUT2D eigenvalue weighted by atomic mass is 32.2. The zero-order valence-electron chi connectivity index (χ0n) is 16.6. The van der Waals surface area contributed by atoms with Gasteiger partial charge in [-0.05, 0) is 12.1 Å². The van der Waals surface area contributed by atoms with Crippen molar-refractivity contribution in [3.63, 3.8) is 0 Å². The van der Waals surface area contributed by atoms with Gasteiger partial charge >= 0.3 is 5.97 Å². The van der Waals surface area contributed by atoms with Crippen LogP contribution >= 0.6 is 11.8 Å². The molecule has 1 N–H and O–H groups in total. The number of ether oxygens (including phenoxy) is 1. The van der Waals surface area contributed by atoms with Crippen LogP contribution in [0.15, 0.2) is 66.7 Å². The molecule has 0 bridgehead atoms. The van der Waals surface area contributed by atoms with E-state index in [2.05, 4.69) is 10.4 Å². The number of thioether (sulfide) groups is 1. The van der Waals surface area contributed by atoms with Crippen molar-refractivity contribution in [2.45, 2.75) is 0 Å². The van der Waals surface area contributed by atoms with E-state index < -0.39 is 18.5 Å².